The van der Waals surface area contributed by atoms with Gasteiger partial charge >= 0.3 is 0 Å². The fourth-order valence-corrected chi connectivity index (χ4v) is 2.27. The molecule has 126 valence electrons. The molecule has 0 bridgehead atoms. The second-order valence-electron chi connectivity index (χ2n) is 5.15. The molecule has 24 heavy (non-hydrogen) atoms. The Bertz CT molecular complexity index is 926. The standard InChI is InChI=1S/C16H14F2N4O.ClH/c1-9(19)15-20-13-4-2-3-12(18)14(13)16(23)22(15)21-11-7-5-10(17)6-8-11;/h2-9,21H,19H2,1H3;1H/t9-;/m0./s1. The maximum atomic E-state index is 14.0. The van der Waals surface area contributed by atoms with Crippen molar-refractivity contribution in [2.75, 3.05) is 5.43 Å². The summed E-state index contributed by atoms with van der Waals surface area (Å²) in [4.78, 5) is 16.9. The zero-order valence-corrected chi connectivity index (χ0v) is 13.5. The average molecular weight is 353 g/mol. The Morgan fingerprint density at radius 3 is 2.46 bits per heavy atom. The Morgan fingerprint density at radius 1 is 1.17 bits per heavy atom. The summed E-state index contributed by atoms with van der Waals surface area (Å²) in [6.07, 6.45) is 0. The van der Waals surface area contributed by atoms with E-state index in [-0.39, 0.29) is 29.1 Å². The van der Waals surface area contributed by atoms with Crippen LogP contribution in [0.5, 0.6) is 0 Å². The molecule has 0 fully saturated rings. The molecule has 0 amide bonds. The molecule has 0 aliphatic rings. The van der Waals surface area contributed by atoms with Gasteiger partial charge < -0.3 is 5.73 Å². The summed E-state index contributed by atoms with van der Waals surface area (Å²) in [6, 6.07) is 9.06. The van der Waals surface area contributed by atoms with E-state index in [1.807, 2.05) is 0 Å². The quantitative estimate of drug-likeness (QED) is 0.760. The number of rotatable bonds is 3. The van der Waals surface area contributed by atoms with Crippen LogP contribution in [0.25, 0.3) is 10.9 Å². The van der Waals surface area contributed by atoms with Crippen LogP contribution in [0, 0.1) is 11.6 Å². The second-order valence-corrected chi connectivity index (χ2v) is 5.15. The van der Waals surface area contributed by atoms with Gasteiger partial charge in [0.2, 0.25) is 0 Å². The highest BCUT2D eigenvalue weighted by Crippen LogP contribution is 2.16. The highest BCUT2D eigenvalue weighted by molar-refractivity contribution is 5.85. The fourth-order valence-electron chi connectivity index (χ4n) is 2.27. The van der Waals surface area contributed by atoms with Crippen LogP contribution in [-0.4, -0.2) is 9.66 Å². The SMILES string of the molecule is C[C@H](N)c1nc2cccc(F)c2c(=O)n1Nc1ccc(F)cc1.Cl. The third-order valence-electron chi connectivity index (χ3n) is 3.37. The van der Waals surface area contributed by atoms with Gasteiger partial charge in [-0.2, -0.15) is 0 Å². The van der Waals surface area contributed by atoms with E-state index in [0.717, 1.165) is 4.68 Å². The smallest absolute Gasteiger partial charge is 0.283 e. The van der Waals surface area contributed by atoms with Crippen LogP contribution in [-0.2, 0) is 0 Å². The van der Waals surface area contributed by atoms with Crippen molar-refractivity contribution >= 4 is 29.0 Å². The van der Waals surface area contributed by atoms with E-state index in [2.05, 4.69) is 10.4 Å². The van der Waals surface area contributed by atoms with Gasteiger partial charge in [-0.05, 0) is 43.3 Å². The first kappa shape index (κ1) is 17.8. The monoisotopic (exact) mass is 352 g/mol. The Labute approximate surface area is 142 Å². The van der Waals surface area contributed by atoms with E-state index in [1.165, 1.54) is 36.4 Å². The van der Waals surface area contributed by atoms with Crippen LogP contribution in [0.1, 0.15) is 18.8 Å². The molecule has 3 N–H and O–H groups in total. The summed E-state index contributed by atoms with van der Waals surface area (Å²) in [7, 11) is 0. The number of nitrogens with zero attached hydrogens (tertiary/aromatic N) is 2. The highest BCUT2D eigenvalue weighted by Gasteiger charge is 2.16. The lowest BCUT2D eigenvalue weighted by atomic mass is 10.2. The van der Waals surface area contributed by atoms with Crippen molar-refractivity contribution in [3.63, 3.8) is 0 Å². The van der Waals surface area contributed by atoms with Crippen molar-refractivity contribution in [2.24, 2.45) is 5.73 Å². The number of fused-ring (bicyclic) bond motifs is 1. The van der Waals surface area contributed by atoms with Gasteiger partial charge in [0.05, 0.1) is 17.2 Å². The molecule has 1 aromatic heterocycles. The first-order chi connectivity index (χ1) is 11.0. The Hall–Kier alpha value is -2.51. The Kier molecular flexibility index (Phi) is 5.16. The van der Waals surface area contributed by atoms with Crippen molar-refractivity contribution in [2.45, 2.75) is 13.0 Å². The molecule has 0 spiro atoms. The summed E-state index contributed by atoms with van der Waals surface area (Å²) in [5, 5.41) is -0.133. The summed E-state index contributed by atoms with van der Waals surface area (Å²) in [5.74, 6) is -0.818. The van der Waals surface area contributed by atoms with E-state index in [9.17, 15) is 13.6 Å². The van der Waals surface area contributed by atoms with Crippen LogP contribution >= 0.6 is 12.4 Å². The maximum Gasteiger partial charge on any atom is 0.283 e. The number of hydrogen-bond donors (Lipinski definition) is 2. The molecule has 0 unspecified atom stereocenters. The number of nitrogens with one attached hydrogen (secondary N) is 1. The first-order valence-electron chi connectivity index (χ1n) is 6.96. The molecule has 3 rings (SSSR count). The molecule has 0 aliphatic heterocycles. The third kappa shape index (κ3) is 3.22. The molecular formula is C16H15ClF2N4O. The molecule has 2 aromatic carbocycles. The molecule has 0 saturated carbocycles. The Balaban J connectivity index is 0.00000208. The topological polar surface area (TPSA) is 72.9 Å². The van der Waals surface area contributed by atoms with Gasteiger partial charge in [-0.15, -0.1) is 12.4 Å². The van der Waals surface area contributed by atoms with Gasteiger partial charge in [0, 0.05) is 0 Å². The van der Waals surface area contributed by atoms with Gasteiger partial charge in [0.15, 0.2) is 0 Å². The lowest BCUT2D eigenvalue weighted by Gasteiger charge is -2.17. The summed E-state index contributed by atoms with van der Waals surface area (Å²) in [5.41, 5.74) is 8.75. The van der Waals surface area contributed by atoms with Gasteiger partial charge in [0.1, 0.15) is 22.8 Å². The van der Waals surface area contributed by atoms with E-state index >= 15 is 0 Å². The number of halogens is 3. The van der Waals surface area contributed by atoms with Crippen LogP contribution in [0.3, 0.4) is 0 Å². The molecule has 3 aromatic rings. The minimum Gasteiger partial charge on any atom is -0.322 e. The lowest BCUT2D eigenvalue weighted by molar-refractivity contribution is 0.626. The molecule has 8 heteroatoms. The molecule has 0 radical (unpaired) electrons. The maximum absolute atomic E-state index is 14.0. The first-order valence-corrected chi connectivity index (χ1v) is 6.96. The summed E-state index contributed by atoms with van der Waals surface area (Å²) in [6.45, 7) is 1.66. The molecule has 0 aliphatic carbocycles. The zero-order valence-electron chi connectivity index (χ0n) is 12.7. The number of aromatic nitrogens is 2. The predicted octanol–water partition coefficient (Wildman–Crippen LogP) is 2.99. The van der Waals surface area contributed by atoms with Crippen molar-refractivity contribution in [1.82, 2.24) is 9.66 Å². The molecular weight excluding hydrogens is 338 g/mol. The lowest BCUT2D eigenvalue weighted by Crippen LogP contribution is -2.33. The molecule has 5 nitrogen and oxygen atoms in total. The fraction of sp³-hybridized carbons (Fsp3) is 0.125. The molecule has 1 atom stereocenters. The van der Waals surface area contributed by atoms with E-state index in [0.29, 0.717) is 5.69 Å². The normalized spacial score (nSPS) is 11.8. The van der Waals surface area contributed by atoms with Gasteiger partial charge in [-0.25, -0.2) is 18.4 Å². The van der Waals surface area contributed by atoms with Crippen molar-refractivity contribution in [3.8, 4) is 0 Å². The predicted molar refractivity (Wildman–Crippen MR) is 91.2 cm³/mol. The van der Waals surface area contributed by atoms with Gasteiger partial charge in [-0.3, -0.25) is 10.2 Å². The Morgan fingerprint density at radius 2 is 1.83 bits per heavy atom. The molecule has 0 saturated heterocycles. The van der Waals surface area contributed by atoms with E-state index in [1.54, 1.807) is 13.0 Å². The number of hydrogen-bond acceptors (Lipinski definition) is 4. The van der Waals surface area contributed by atoms with Crippen molar-refractivity contribution < 1.29 is 8.78 Å². The van der Waals surface area contributed by atoms with Gasteiger partial charge in [0.25, 0.3) is 5.56 Å². The summed E-state index contributed by atoms with van der Waals surface area (Å²) < 4.78 is 28.1. The third-order valence-corrected chi connectivity index (χ3v) is 3.37. The second kappa shape index (κ2) is 6.94. The summed E-state index contributed by atoms with van der Waals surface area (Å²) >= 11 is 0. The van der Waals surface area contributed by atoms with Crippen molar-refractivity contribution in [1.29, 1.82) is 0 Å². The number of nitrogens with two attached hydrogens (primary N) is 1. The average Bonchev–Trinajstić information content (AvgIpc) is 2.51. The van der Waals surface area contributed by atoms with Crippen molar-refractivity contribution in [3.05, 3.63) is 70.3 Å². The molecule has 1 heterocycles. The van der Waals surface area contributed by atoms with Crippen LogP contribution < -0.4 is 16.7 Å². The minimum absolute atomic E-state index is 0. The zero-order chi connectivity index (χ0) is 16.6. The number of benzene rings is 2. The minimum atomic E-state index is -0.661. The van der Waals surface area contributed by atoms with Crippen LogP contribution in [0.2, 0.25) is 0 Å². The van der Waals surface area contributed by atoms with Gasteiger partial charge in [-0.1, -0.05) is 6.07 Å². The van der Waals surface area contributed by atoms with Crippen LogP contribution in [0.15, 0.2) is 47.3 Å². The van der Waals surface area contributed by atoms with Crippen LogP contribution in [0.4, 0.5) is 14.5 Å². The van der Waals surface area contributed by atoms with E-state index < -0.39 is 23.2 Å². The number of anilines is 1. The highest BCUT2D eigenvalue weighted by atomic mass is 35.5. The largest absolute Gasteiger partial charge is 0.322 e. The van der Waals surface area contributed by atoms with E-state index in [4.69, 9.17) is 5.73 Å².